The Morgan fingerprint density at radius 3 is 2.50 bits per heavy atom. The molecule has 0 aromatic carbocycles. The van der Waals surface area contributed by atoms with E-state index in [2.05, 4.69) is 10.3 Å². The predicted octanol–water partition coefficient (Wildman–Crippen LogP) is 0.339. The number of carbonyl (C=O) groups excluding carboxylic acids is 2. The van der Waals surface area contributed by atoms with Gasteiger partial charge in [0.2, 0.25) is 5.91 Å². The molecule has 1 spiro atoms. The highest BCUT2D eigenvalue weighted by molar-refractivity contribution is 6.21. The van der Waals surface area contributed by atoms with Crippen LogP contribution in [0.5, 0.6) is 0 Å². The second kappa shape index (κ2) is 3.38. The Morgan fingerprint density at radius 1 is 1.50 bits per heavy atom. The van der Waals surface area contributed by atoms with Crippen molar-refractivity contribution >= 4 is 17.6 Å². The minimum atomic E-state index is -0.868. The van der Waals surface area contributed by atoms with Gasteiger partial charge in [0.1, 0.15) is 11.3 Å². The summed E-state index contributed by atoms with van der Waals surface area (Å²) in [6.07, 6.45) is 2.76. The maximum Gasteiger partial charge on any atom is 0.263 e. The summed E-state index contributed by atoms with van der Waals surface area (Å²) in [7, 11) is 0. The van der Waals surface area contributed by atoms with E-state index in [4.69, 9.17) is 5.73 Å². The van der Waals surface area contributed by atoms with Crippen molar-refractivity contribution in [3.63, 3.8) is 0 Å². The molecule has 0 aromatic heterocycles. The number of amides is 2. The predicted molar refractivity (Wildman–Crippen MR) is 59.8 cm³/mol. The van der Waals surface area contributed by atoms with Crippen LogP contribution in [0.3, 0.4) is 0 Å². The van der Waals surface area contributed by atoms with Crippen LogP contribution < -0.4 is 11.1 Å². The number of aliphatic imine (C=N–C) groups is 1. The molecule has 2 aliphatic rings. The first-order valence-corrected chi connectivity index (χ1v) is 5.66. The summed E-state index contributed by atoms with van der Waals surface area (Å²) in [5.74, 6) is -0.232. The molecule has 1 saturated carbocycles. The second-order valence-electron chi connectivity index (χ2n) is 4.93. The number of amidine groups is 1. The topological polar surface area (TPSA) is 84.5 Å². The van der Waals surface area contributed by atoms with Gasteiger partial charge in [-0.1, -0.05) is 13.3 Å². The lowest BCUT2D eigenvalue weighted by Gasteiger charge is -2.41. The van der Waals surface area contributed by atoms with Crippen LogP contribution in [-0.2, 0) is 9.59 Å². The van der Waals surface area contributed by atoms with Gasteiger partial charge in [-0.25, -0.2) is 0 Å². The van der Waals surface area contributed by atoms with Crippen LogP contribution in [0.25, 0.3) is 0 Å². The van der Waals surface area contributed by atoms with Gasteiger partial charge in [0.25, 0.3) is 5.91 Å². The lowest BCUT2D eigenvalue weighted by atomic mass is 9.66. The molecule has 16 heavy (non-hydrogen) atoms. The number of rotatable bonds is 2. The van der Waals surface area contributed by atoms with Gasteiger partial charge in [-0.3, -0.25) is 9.59 Å². The van der Waals surface area contributed by atoms with E-state index in [-0.39, 0.29) is 11.8 Å². The van der Waals surface area contributed by atoms with Crippen molar-refractivity contribution in [3.8, 4) is 0 Å². The van der Waals surface area contributed by atoms with Crippen molar-refractivity contribution in [1.29, 1.82) is 0 Å². The Balaban J connectivity index is 2.31. The molecule has 0 saturated heterocycles. The van der Waals surface area contributed by atoms with Crippen molar-refractivity contribution in [2.45, 2.75) is 45.1 Å². The normalized spacial score (nSPS) is 26.8. The van der Waals surface area contributed by atoms with Gasteiger partial charge >= 0.3 is 0 Å². The van der Waals surface area contributed by atoms with E-state index in [1.807, 2.05) is 6.92 Å². The van der Waals surface area contributed by atoms with E-state index in [9.17, 15) is 9.59 Å². The van der Waals surface area contributed by atoms with Crippen LogP contribution in [-0.4, -0.2) is 23.2 Å². The number of carbonyl (C=O) groups is 2. The van der Waals surface area contributed by atoms with Gasteiger partial charge in [-0.15, -0.1) is 0 Å². The maximum atomic E-state index is 11.9. The summed E-state index contributed by atoms with van der Waals surface area (Å²) in [6, 6.07) is 0. The van der Waals surface area contributed by atoms with Gasteiger partial charge in [-0.2, -0.15) is 4.99 Å². The molecule has 0 radical (unpaired) electrons. The fourth-order valence-corrected chi connectivity index (χ4v) is 1.97. The maximum absolute atomic E-state index is 11.9. The Bertz CT molecular complexity index is 381. The molecule has 1 aliphatic heterocycles. The van der Waals surface area contributed by atoms with Crippen molar-refractivity contribution < 1.29 is 9.59 Å². The summed E-state index contributed by atoms with van der Waals surface area (Å²) in [4.78, 5) is 27.8. The first kappa shape index (κ1) is 11.3. The number of hydrogen-bond acceptors (Lipinski definition) is 3. The average Bonchev–Trinajstić information content (AvgIpc) is 2.14. The van der Waals surface area contributed by atoms with Gasteiger partial charge in [0.15, 0.2) is 0 Å². The van der Waals surface area contributed by atoms with Gasteiger partial charge in [-0.05, 0) is 26.2 Å². The number of nitrogens with zero attached hydrogens (tertiary/aromatic N) is 1. The first-order chi connectivity index (χ1) is 7.42. The van der Waals surface area contributed by atoms with E-state index in [0.29, 0.717) is 25.1 Å². The molecule has 1 heterocycles. The van der Waals surface area contributed by atoms with Crippen LogP contribution in [0.1, 0.15) is 39.5 Å². The Labute approximate surface area is 94.5 Å². The van der Waals surface area contributed by atoms with E-state index in [1.54, 1.807) is 6.92 Å². The van der Waals surface area contributed by atoms with Crippen LogP contribution in [0, 0.1) is 5.41 Å². The fourth-order valence-electron chi connectivity index (χ4n) is 1.97. The molecule has 1 atom stereocenters. The monoisotopic (exact) mass is 223 g/mol. The van der Waals surface area contributed by atoms with Gasteiger partial charge in [0.05, 0.1) is 5.54 Å². The second-order valence-corrected chi connectivity index (χ2v) is 4.93. The lowest BCUT2D eigenvalue weighted by Crippen LogP contribution is -2.62. The highest BCUT2D eigenvalue weighted by atomic mass is 16.2. The third-order valence-corrected chi connectivity index (χ3v) is 3.77. The molecule has 88 valence electrons. The van der Waals surface area contributed by atoms with E-state index in [0.717, 1.165) is 6.42 Å². The standard InChI is InChI=1S/C11H17N3O2/c1-3-10(2,12)7-13-8(15)11(5-4-6-11)9(16)14-7/h3-6,12H2,1-2H3,(H,13,14,15,16). The van der Waals surface area contributed by atoms with Crippen LogP contribution in [0.4, 0.5) is 0 Å². The highest BCUT2D eigenvalue weighted by Crippen LogP contribution is 2.43. The molecule has 0 bridgehead atoms. The highest BCUT2D eigenvalue weighted by Gasteiger charge is 2.54. The quantitative estimate of drug-likeness (QED) is 0.662. The van der Waals surface area contributed by atoms with Gasteiger partial charge in [0, 0.05) is 0 Å². The summed E-state index contributed by atoms with van der Waals surface area (Å²) in [6.45, 7) is 3.66. The van der Waals surface area contributed by atoms with Crippen molar-refractivity contribution in [2.75, 3.05) is 0 Å². The Hall–Kier alpha value is -1.23. The molecule has 2 amide bonds. The van der Waals surface area contributed by atoms with E-state index < -0.39 is 11.0 Å². The average molecular weight is 223 g/mol. The fraction of sp³-hybridized carbons (Fsp3) is 0.727. The van der Waals surface area contributed by atoms with Crippen LogP contribution in [0.15, 0.2) is 4.99 Å². The lowest BCUT2D eigenvalue weighted by molar-refractivity contribution is -0.147. The Morgan fingerprint density at radius 2 is 2.12 bits per heavy atom. The largest absolute Gasteiger partial charge is 0.319 e. The van der Waals surface area contributed by atoms with E-state index in [1.165, 1.54) is 0 Å². The smallest absolute Gasteiger partial charge is 0.263 e. The molecule has 5 heteroatoms. The van der Waals surface area contributed by atoms with E-state index >= 15 is 0 Å². The number of hydrogen-bond donors (Lipinski definition) is 2. The minimum Gasteiger partial charge on any atom is -0.319 e. The molecule has 5 nitrogen and oxygen atoms in total. The number of nitrogens with two attached hydrogens (primary N) is 1. The zero-order chi connectivity index (χ0) is 12.0. The molecular formula is C11H17N3O2. The SMILES string of the molecule is CCC(C)(N)C1=NC(=O)C2(CCC2)C(=O)N1. The third-order valence-electron chi connectivity index (χ3n) is 3.77. The molecule has 2 rings (SSSR count). The summed E-state index contributed by atoms with van der Waals surface area (Å²) in [5, 5.41) is 2.70. The Kier molecular flexibility index (Phi) is 2.38. The summed E-state index contributed by atoms with van der Waals surface area (Å²) < 4.78 is 0. The van der Waals surface area contributed by atoms with Crippen molar-refractivity contribution in [2.24, 2.45) is 16.1 Å². The zero-order valence-corrected chi connectivity index (χ0v) is 9.67. The molecule has 0 aromatic rings. The third kappa shape index (κ3) is 1.38. The minimum absolute atomic E-state index is 0.223. The van der Waals surface area contributed by atoms with Crippen LogP contribution >= 0.6 is 0 Å². The van der Waals surface area contributed by atoms with Crippen molar-refractivity contribution in [3.05, 3.63) is 0 Å². The molecule has 1 unspecified atom stereocenters. The molecule has 1 fully saturated rings. The first-order valence-electron chi connectivity index (χ1n) is 5.66. The number of nitrogens with one attached hydrogen (secondary N) is 1. The summed E-state index contributed by atoms with van der Waals surface area (Å²) >= 11 is 0. The van der Waals surface area contributed by atoms with Crippen LogP contribution in [0.2, 0.25) is 0 Å². The molecule has 3 N–H and O–H groups in total. The molecular weight excluding hydrogens is 206 g/mol. The summed E-state index contributed by atoms with van der Waals surface area (Å²) in [5.41, 5.74) is 4.36. The zero-order valence-electron chi connectivity index (χ0n) is 9.67. The van der Waals surface area contributed by atoms with Gasteiger partial charge < -0.3 is 11.1 Å². The molecule has 1 aliphatic carbocycles. The van der Waals surface area contributed by atoms with Crippen molar-refractivity contribution in [1.82, 2.24) is 5.32 Å².